The van der Waals surface area contributed by atoms with Crippen molar-refractivity contribution in [1.82, 2.24) is 0 Å². The summed E-state index contributed by atoms with van der Waals surface area (Å²) < 4.78 is 10.1. The van der Waals surface area contributed by atoms with E-state index >= 15 is 0 Å². The van der Waals surface area contributed by atoms with Crippen LogP contribution in [0.25, 0.3) is 0 Å². The zero-order valence-electron chi connectivity index (χ0n) is 17.6. The van der Waals surface area contributed by atoms with E-state index in [4.69, 9.17) is 9.47 Å². The molecule has 7 nitrogen and oxygen atoms in total. The molecule has 0 radical (unpaired) electrons. The summed E-state index contributed by atoms with van der Waals surface area (Å²) in [6.07, 6.45) is 0. The largest absolute Gasteiger partial charge is 0.457 e. The first-order valence-electron chi connectivity index (χ1n) is 9.47. The van der Waals surface area contributed by atoms with E-state index in [1.54, 1.807) is 26.8 Å². The van der Waals surface area contributed by atoms with Crippen molar-refractivity contribution in [2.75, 3.05) is 11.5 Å². The fourth-order valence-electron chi connectivity index (χ4n) is 3.13. The first-order valence-corrected chi connectivity index (χ1v) is 9.47. The molecule has 1 aliphatic heterocycles. The van der Waals surface area contributed by atoms with Gasteiger partial charge in [-0.2, -0.15) is 0 Å². The lowest BCUT2D eigenvalue weighted by Crippen LogP contribution is -2.30. The minimum atomic E-state index is -0.783. The second-order valence-electron chi connectivity index (χ2n) is 8.16. The summed E-state index contributed by atoms with van der Waals surface area (Å²) in [6.45, 7) is 8.26. The second-order valence-corrected chi connectivity index (χ2v) is 8.16. The lowest BCUT2D eigenvalue weighted by atomic mass is 10.1. The summed E-state index contributed by atoms with van der Waals surface area (Å²) in [5.74, 6) is -2.42. The van der Waals surface area contributed by atoms with Crippen LogP contribution in [-0.2, 0) is 14.3 Å². The number of ether oxygens (including phenoxy) is 2. The molecular weight excluding hydrogens is 386 g/mol. The number of rotatable bonds is 4. The average Bonchev–Trinajstić information content (AvgIpc) is 2.90. The van der Waals surface area contributed by atoms with Crippen LogP contribution in [0.1, 0.15) is 63.0 Å². The molecule has 0 bridgehead atoms. The van der Waals surface area contributed by atoms with E-state index in [0.29, 0.717) is 5.69 Å². The summed E-state index contributed by atoms with van der Waals surface area (Å²) in [6, 6.07) is 9.65. The molecular formula is C23H23NO6. The quantitative estimate of drug-likeness (QED) is 0.566. The van der Waals surface area contributed by atoms with Crippen LogP contribution in [0.5, 0.6) is 0 Å². The normalized spacial score (nSPS) is 13.3. The summed E-state index contributed by atoms with van der Waals surface area (Å²) in [5.41, 5.74) is 1.92. The highest BCUT2D eigenvalue weighted by molar-refractivity contribution is 6.35. The molecule has 0 saturated heterocycles. The standard InChI is InChI=1S/C23H23NO6/c1-13-6-7-14(2)18(10-13)24-20(26)16-9-8-15(11-17(16)21(24)27)22(28)29-12-19(25)30-23(3,4)5/h6-11H,12H2,1-5H3. The van der Waals surface area contributed by atoms with E-state index in [2.05, 4.69) is 0 Å². The Morgan fingerprint density at radius 3 is 2.27 bits per heavy atom. The molecule has 0 aromatic heterocycles. The molecule has 0 unspecified atom stereocenters. The van der Waals surface area contributed by atoms with Crippen molar-refractivity contribution in [1.29, 1.82) is 0 Å². The topological polar surface area (TPSA) is 90.0 Å². The highest BCUT2D eigenvalue weighted by atomic mass is 16.6. The smallest absolute Gasteiger partial charge is 0.344 e. The van der Waals surface area contributed by atoms with Crippen LogP contribution >= 0.6 is 0 Å². The Balaban J connectivity index is 1.81. The first kappa shape index (κ1) is 21.2. The number of hydrogen-bond acceptors (Lipinski definition) is 6. The van der Waals surface area contributed by atoms with Gasteiger partial charge in [0.05, 0.1) is 22.4 Å². The molecule has 156 valence electrons. The summed E-state index contributed by atoms with van der Waals surface area (Å²) in [4.78, 5) is 50.9. The summed E-state index contributed by atoms with van der Waals surface area (Å²) >= 11 is 0. The third kappa shape index (κ3) is 4.25. The molecule has 0 spiro atoms. The molecule has 1 aliphatic rings. The van der Waals surface area contributed by atoms with E-state index < -0.39 is 36.0 Å². The van der Waals surface area contributed by atoms with Crippen molar-refractivity contribution in [3.8, 4) is 0 Å². The van der Waals surface area contributed by atoms with Crippen molar-refractivity contribution in [3.63, 3.8) is 0 Å². The second kappa shape index (κ2) is 7.74. The highest BCUT2D eigenvalue weighted by Crippen LogP contribution is 2.31. The fourth-order valence-corrected chi connectivity index (χ4v) is 3.13. The molecule has 0 fully saturated rings. The number of amides is 2. The first-order chi connectivity index (χ1) is 14.0. The van der Waals surface area contributed by atoms with Crippen molar-refractivity contribution in [3.05, 3.63) is 64.2 Å². The predicted molar refractivity (Wildman–Crippen MR) is 110 cm³/mol. The number of imide groups is 1. The lowest BCUT2D eigenvalue weighted by Gasteiger charge is -2.19. The van der Waals surface area contributed by atoms with Crippen LogP contribution < -0.4 is 4.90 Å². The maximum atomic E-state index is 12.9. The van der Waals surface area contributed by atoms with Gasteiger partial charge >= 0.3 is 11.9 Å². The summed E-state index contributed by atoms with van der Waals surface area (Å²) in [7, 11) is 0. The Labute approximate surface area is 174 Å². The molecule has 2 aromatic carbocycles. The molecule has 7 heteroatoms. The Hall–Kier alpha value is -3.48. The van der Waals surface area contributed by atoms with Crippen LogP contribution in [0.4, 0.5) is 5.69 Å². The van der Waals surface area contributed by atoms with E-state index in [9.17, 15) is 19.2 Å². The van der Waals surface area contributed by atoms with Gasteiger partial charge in [-0.05, 0) is 70.0 Å². The lowest BCUT2D eigenvalue weighted by molar-refractivity contribution is -0.158. The Kier molecular flexibility index (Phi) is 5.48. The van der Waals surface area contributed by atoms with Gasteiger partial charge < -0.3 is 9.47 Å². The van der Waals surface area contributed by atoms with Crippen molar-refractivity contribution < 1.29 is 28.7 Å². The van der Waals surface area contributed by atoms with Crippen molar-refractivity contribution in [2.45, 2.75) is 40.2 Å². The van der Waals surface area contributed by atoms with Gasteiger partial charge in [-0.3, -0.25) is 9.59 Å². The van der Waals surface area contributed by atoms with Crippen molar-refractivity contribution in [2.24, 2.45) is 0 Å². The average molecular weight is 409 g/mol. The number of benzene rings is 2. The third-order valence-corrected chi connectivity index (χ3v) is 4.47. The van der Waals surface area contributed by atoms with Crippen LogP contribution in [0, 0.1) is 13.8 Å². The third-order valence-electron chi connectivity index (χ3n) is 4.47. The van der Waals surface area contributed by atoms with Gasteiger partial charge in [0.25, 0.3) is 11.8 Å². The van der Waals surface area contributed by atoms with Gasteiger partial charge in [0.2, 0.25) is 0 Å². The highest BCUT2D eigenvalue weighted by Gasteiger charge is 2.38. The van der Waals surface area contributed by atoms with Gasteiger partial charge in [-0.25, -0.2) is 14.5 Å². The van der Waals surface area contributed by atoms with Gasteiger partial charge in [0.1, 0.15) is 5.60 Å². The van der Waals surface area contributed by atoms with Crippen LogP contribution in [0.3, 0.4) is 0 Å². The van der Waals surface area contributed by atoms with E-state index in [-0.39, 0.29) is 16.7 Å². The number of fused-ring (bicyclic) bond motifs is 1. The van der Waals surface area contributed by atoms with E-state index in [1.807, 2.05) is 26.0 Å². The van der Waals surface area contributed by atoms with Crippen LogP contribution in [0.2, 0.25) is 0 Å². The number of carbonyl (C=O) groups excluding carboxylic acids is 4. The fraction of sp³-hybridized carbons (Fsp3) is 0.304. The molecule has 0 atom stereocenters. The number of carbonyl (C=O) groups is 4. The Morgan fingerprint density at radius 1 is 0.933 bits per heavy atom. The van der Waals surface area contributed by atoms with E-state index in [1.165, 1.54) is 18.2 Å². The van der Waals surface area contributed by atoms with Crippen LogP contribution in [0.15, 0.2) is 36.4 Å². The minimum absolute atomic E-state index is 0.0706. The van der Waals surface area contributed by atoms with Gasteiger partial charge in [0, 0.05) is 0 Å². The Morgan fingerprint density at radius 2 is 1.60 bits per heavy atom. The maximum absolute atomic E-state index is 12.9. The molecule has 0 saturated carbocycles. The predicted octanol–water partition coefficient (Wildman–Crippen LogP) is 3.60. The molecule has 2 aromatic rings. The number of nitrogens with zero attached hydrogens (tertiary/aromatic N) is 1. The van der Waals surface area contributed by atoms with Crippen LogP contribution in [-0.4, -0.2) is 36.0 Å². The molecule has 30 heavy (non-hydrogen) atoms. The Bertz CT molecular complexity index is 1060. The zero-order chi connectivity index (χ0) is 22.2. The number of aryl methyl sites for hydroxylation is 2. The van der Waals surface area contributed by atoms with Gasteiger partial charge in [-0.15, -0.1) is 0 Å². The van der Waals surface area contributed by atoms with E-state index in [0.717, 1.165) is 16.0 Å². The molecule has 1 heterocycles. The number of anilines is 1. The molecule has 3 rings (SSSR count). The zero-order valence-corrected chi connectivity index (χ0v) is 17.6. The number of esters is 2. The summed E-state index contributed by atoms with van der Waals surface area (Å²) in [5, 5.41) is 0. The van der Waals surface area contributed by atoms with Crippen molar-refractivity contribution >= 4 is 29.4 Å². The minimum Gasteiger partial charge on any atom is -0.457 e. The SMILES string of the molecule is Cc1ccc(C)c(N2C(=O)c3ccc(C(=O)OCC(=O)OC(C)(C)C)cc3C2=O)c1. The monoisotopic (exact) mass is 409 g/mol. The molecule has 2 amide bonds. The number of hydrogen-bond donors (Lipinski definition) is 0. The van der Waals surface area contributed by atoms with Gasteiger partial charge in [-0.1, -0.05) is 12.1 Å². The molecule has 0 aliphatic carbocycles. The molecule has 0 N–H and O–H groups in total. The maximum Gasteiger partial charge on any atom is 0.344 e. The van der Waals surface area contributed by atoms with Gasteiger partial charge in [0.15, 0.2) is 6.61 Å².